The second-order valence-corrected chi connectivity index (χ2v) is 4.43. The number of piperazine rings is 1. The van der Waals surface area contributed by atoms with E-state index < -0.39 is 12.5 Å². The van der Waals surface area contributed by atoms with E-state index in [-0.39, 0.29) is 5.75 Å². The van der Waals surface area contributed by atoms with Crippen LogP contribution in [0.15, 0.2) is 12.1 Å². The Morgan fingerprint density at radius 2 is 2.06 bits per heavy atom. The molecule has 1 N–H and O–H groups in total. The molecule has 0 saturated carbocycles. The Bertz CT molecular complexity index is 406. The number of alkyl halides is 1. The van der Waals surface area contributed by atoms with Crippen molar-refractivity contribution in [1.29, 1.82) is 0 Å². The van der Waals surface area contributed by atoms with E-state index in [1.54, 1.807) is 6.07 Å². The summed E-state index contributed by atoms with van der Waals surface area (Å²) in [6, 6.07) is 2.88. The highest BCUT2D eigenvalue weighted by Gasteiger charge is 2.16. The van der Waals surface area contributed by atoms with Gasteiger partial charge in [0.05, 0.1) is 7.11 Å². The highest BCUT2D eigenvalue weighted by Crippen LogP contribution is 2.26. The average molecular weight is 256 g/mol. The SMILES string of the molecule is COc1c(F)cc(CF)cc1CN1CCNCC1. The van der Waals surface area contributed by atoms with Gasteiger partial charge in [-0.25, -0.2) is 8.78 Å². The maximum absolute atomic E-state index is 13.7. The molecular weight excluding hydrogens is 238 g/mol. The van der Waals surface area contributed by atoms with Crippen LogP contribution in [-0.2, 0) is 13.2 Å². The monoisotopic (exact) mass is 256 g/mol. The molecule has 2 rings (SSSR count). The fraction of sp³-hybridized carbons (Fsp3) is 0.538. The summed E-state index contributed by atoms with van der Waals surface area (Å²) in [4.78, 5) is 2.20. The summed E-state index contributed by atoms with van der Waals surface area (Å²) in [5.74, 6) is -0.261. The molecular formula is C13H18F2N2O. The van der Waals surface area contributed by atoms with Gasteiger partial charge in [-0.1, -0.05) is 0 Å². The molecule has 0 atom stereocenters. The topological polar surface area (TPSA) is 24.5 Å². The fourth-order valence-corrected chi connectivity index (χ4v) is 2.25. The zero-order chi connectivity index (χ0) is 13.0. The first kappa shape index (κ1) is 13.2. The molecule has 18 heavy (non-hydrogen) atoms. The molecule has 0 bridgehead atoms. The molecule has 0 radical (unpaired) electrons. The van der Waals surface area contributed by atoms with E-state index >= 15 is 0 Å². The summed E-state index contributed by atoms with van der Waals surface area (Å²) in [6.45, 7) is 3.60. The summed E-state index contributed by atoms with van der Waals surface area (Å²) >= 11 is 0. The maximum atomic E-state index is 13.7. The minimum absolute atomic E-state index is 0.228. The molecule has 1 aromatic rings. The zero-order valence-electron chi connectivity index (χ0n) is 10.5. The van der Waals surface area contributed by atoms with E-state index in [0.717, 1.165) is 26.2 Å². The van der Waals surface area contributed by atoms with Crippen LogP contribution in [0.2, 0.25) is 0 Å². The summed E-state index contributed by atoms with van der Waals surface area (Å²) < 4.78 is 31.5. The third-order valence-electron chi connectivity index (χ3n) is 3.14. The number of nitrogens with one attached hydrogen (secondary N) is 1. The molecule has 0 aromatic heterocycles. The van der Waals surface area contributed by atoms with Crippen molar-refractivity contribution in [1.82, 2.24) is 10.2 Å². The Morgan fingerprint density at radius 1 is 1.33 bits per heavy atom. The second-order valence-electron chi connectivity index (χ2n) is 4.43. The van der Waals surface area contributed by atoms with E-state index in [0.29, 0.717) is 17.7 Å². The quantitative estimate of drug-likeness (QED) is 0.887. The average Bonchev–Trinajstić information content (AvgIpc) is 2.39. The lowest BCUT2D eigenvalue weighted by Crippen LogP contribution is -2.42. The predicted octanol–water partition coefficient (Wildman–Crippen LogP) is 1.71. The van der Waals surface area contributed by atoms with E-state index in [9.17, 15) is 8.78 Å². The van der Waals surface area contributed by atoms with Crippen LogP contribution >= 0.6 is 0 Å². The Labute approximate surface area is 106 Å². The van der Waals surface area contributed by atoms with Crippen LogP contribution in [0.3, 0.4) is 0 Å². The first-order valence-electron chi connectivity index (χ1n) is 6.09. The smallest absolute Gasteiger partial charge is 0.165 e. The van der Waals surface area contributed by atoms with Gasteiger partial charge in [-0.3, -0.25) is 4.90 Å². The molecule has 0 unspecified atom stereocenters. The third-order valence-corrected chi connectivity index (χ3v) is 3.14. The van der Waals surface area contributed by atoms with Crippen molar-refractivity contribution in [3.63, 3.8) is 0 Å². The summed E-state index contributed by atoms with van der Waals surface area (Å²) in [5, 5.41) is 3.26. The van der Waals surface area contributed by atoms with Crippen LogP contribution in [0.1, 0.15) is 11.1 Å². The number of rotatable bonds is 4. The van der Waals surface area contributed by atoms with Gasteiger partial charge in [0, 0.05) is 38.3 Å². The molecule has 5 heteroatoms. The van der Waals surface area contributed by atoms with Gasteiger partial charge in [-0.2, -0.15) is 0 Å². The number of halogens is 2. The Hall–Kier alpha value is -1.20. The highest BCUT2D eigenvalue weighted by atomic mass is 19.1. The molecule has 1 aliphatic heterocycles. The third kappa shape index (κ3) is 2.97. The minimum atomic E-state index is -0.657. The van der Waals surface area contributed by atoms with Gasteiger partial charge in [0.2, 0.25) is 0 Å². The largest absolute Gasteiger partial charge is 0.493 e. The van der Waals surface area contributed by atoms with Crippen molar-refractivity contribution in [3.05, 3.63) is 29.1 Å². The van der Waals surface area contributed by atoms with Crippen LogP contribution in [0, 0.1) is 5.82 Å². The fourth-order valence-electron chi connectivity index (χ4n) is 2.25. The van der Waals surface area contributed by atoms with Gasteiger partial charge in [0.25, 0.3) is 0 Å². The molecule has 1 aliphatic rings. The number of ether oxygens (including phenoxy) is 1. The van der Waals surface area contributed by atoms with Crippen LogP contribution in [0.4, 0.5) is 8.78 Å². The molecule has 1 fully saturated rings. The molecule has 1 saturated heterocycles. The van der Waals surface area contributed by atoms with Crippen molar-refractivity contribution in [2.45, 2.75) is 13.2 Å². The molecule has 0 aliphatic carbocycles. The number of methoxy groups -OCH3 is 1. The van der Waals surface area contributed by atoms with Crippen molar-refractivity contribution in [3.8, 4) is 5.75 Å². The van der Waals surface area contributed by atoms with E-state index in [1.165, 1.54) is 13.2 Å². The Balaban J connectivity index is 2.20. The molecule has 3 nitrogen and oxygen atoms in total. The normalized spacial score (nSPS) is 16.8. The van der Waals surface area contributed by atoms with E-state index in [1.807, 2.05) is 0 Å². The van der Waals surface area contributed by atoms with Crippen molar-refractivity contribution >= 4 is 0 Å². The van der Waals surface area contributed by atoms with Gasteiger partial charge in [-0.05, 0) is 17.7 Å². The van der Waals surface area contributed by atoms with Crippen LogP contribution < -0.4 is 10.1 Å². The van der Waals surface area contributed by atoms with Crippen molar-refractivity contribution in [2.24, 2.45) is 0 Å². The Morgan fingerprint density at radius 3 is 2.67 bits per heavy atom. The first-order valence-corrected chi connectivity index (χ1v) is 6.09. The van der Waals surface area contributed by atoms with Gasteiger partial charge >= 0.3 is 0 Å². The number of hydrogen-bond acceptors (Lipinski definition) is 3. The highest BCUT2D eigenvalue weighted by molar-refractivity contribution is 5.38. The van der Waals surface area contributed by atoms with Crippen molar-refractivity contribution < 1.29 is 13.5 Å². The molecule has 100 valence electrons. The lowest BCUT2D eigenvalue weighted by Gasteiger charge is -2.28. The van der Waals surface area contributed by atoms with Gasteiger partial charge in [0.1, 0.15) is 6.67 Å². The van der Waals surface area contributed by atoms with Crippen LogP contribution in [-0.4, -0.2) is 38.2 Å². The van der Waals surface area contributed by atoms with E-state index in [4.69, 9.17) is 4.74 Å². The number of hydrogen-bond donors (Lipinski definition) is 1. The molecule has 1 aromatic carbocycles. The second kappa shape index (κ2) is 6.11. The van der Waals surface area contributed by atoms with E-state index in [2.05, 4.69) is 10.2 Å². The maximum Gasteiger partial charge on any atom is 0.165 e. The van der Waals surface area contributed by atoms with Crippen LogP contribution in [0.25, 0.3) is 0 Å². The zero-order valence-corrected chi connectivity index (χ0v) is 10.5. The number of benzene rings is 1. The Kier molecular flexibility index (Phi) is 4.49. The lowest BCUT2D eigenvalue weighted by molar-refractivity contribution is 0.229. The first-order chi connectivity index (χ1) is 8.74. The molecule has 0 spiro atoms. The van der Waals surface area contributed by atoms with Crippen molar-refractivity contribution in [2.75, 3.05) is 33.3 Å². The van der Waals surface area contributed by atoms with Gasteiger partial charge < -0.3 is 10.1 Å². The number of nitrogens with zero attached hydrogens (tertiary/aromatic N) is 1. The summed E-state index contributed by atoms with van der Waals surface area (Å²) in [6.07, 6.45) is 0. The predicted molar refractivity (Wildman–Crippen MR) is 65.9 cm³/mol. The van der Waals surface area contributed by atoms with Gasteiger partial charge in [0.15, 0.2) is 11.6 Å². The summed E-state index contributed by atoms with van der Waals surface area (Å²) in [7, 11) is 1.44. The molecule has 0 amide bonds. The lowest BCUT2D eigenvalue weighted by atomic mass is 10.1. The van der Waals surface area contributed by atoms with Crippen LogP contribution in [0.5, 0.6) is 5.75 Å². The standard InChI is InChI=1S/C13H18F2N2O/c1-18-13-11(6-10(8-14)7-12(13)15)9-17-4-2-16-3-5-17/h6-7,16H,2-5,8-9H2,1H3. The summed E-state index contributed by atoms with van der Waals surface area (Å²) in [5.41, 5.74) is 1.07. The minimum Gasteiger partial charge on any atom is -0.493 e. The molecule has 1 heterocycles. The van der Waals surface area contributed by atoms with Gasteiger partial charge in [-0.15, -0.1) is 0 Å².